The summed E-state index contributed by atoms with van der Waals surface area (Å²) >= 11 is 0. The first-order valence-corrected chi connectivity index (χ1v) is 18.8. The van der Waals surface area contributed by atoms with Crippen molar-refractivity contribution in [3.05, 3.63) is 237 Å². The van der Waals surface area contributed by atoms with Crippen molar-refractivity contribution in [3.8, 4) is 22.6 Å². The van der Waals surface area contributed by atoms with Crippen LogP contribution in [0.1, 0.15) is 0 Å². The Balaban J connectivity index is 1.10. The van der Waals surface area contributed by atoms with Crippen molar-refractivity contribution >= 4 is 51.2 Å². The van der Waals surface area contributed by atoms with Crippen molar-refractivity contribution in [2.24, 2.45) is 0 Å². The molecule has 0 aliphatic rings. The summed E-state index contributed by atoms with van der Waals surface area (Å²) in [5, 5.41) is 0. The largest absolute Gasteiger partial charge is 0.456 e. The Labute approximate surface area is 328 Å². The molecule has 9 rings (SSSR count). The highest BCUT2D eigenvalue weighted by atomic mass is 16.3. The van der Waals surface area contributed by atoms with Gasteiger partial charge in [-0.3, -0.25) is 0 Å². The summed E-state index contributed by atoms with van der Waals surface area (Å²) < 4.78 is 6.32. The van der Waals surface area contributed by atoms with Crippen molar-refractivity contribution < 1.29 is 4.42 Å². The summed E-state index contributed by atoms with van der Waals surface area (Å²) in [4.78, 5) is 6.87. The second kappa shape index (κ2) is 15.8. The van der Waals surface area contributed by atoms with Gasteiger partial charge >= 0.3 is 0 Å². The van der Waals surface area contributed by atoms with Gasteiger partial charge in [-0.25, -0.2) is 0 Å². The summed E-state index contributed by atoms with van der Waals surface area (Å²) in [5.41, 5.74) is 11.8. The Kier molecular flexibility index (Phi) is 9.66. The molecule has 0 atom stereocenters. The Morgan fingerprint density at radius 2 is 0.411 bits per heavy atom. The highest BCUT2D eigenvalue weighted by molar-refractivity contribution is 5.84. The van der Waals surface area contributed by atoms with Gasteiger partial charge in [0.2, 0.25) is 0 Å². The van der Waals surface area contributed by atoms with Crippen LogP contribution in [0.15, 0.2) is 241 Å². The Morgan fingerprint density at radius 1 is 0.196 bits per heavy atom. The van der Waals surface area contributed by atoms with Crippen molar-refractivity contribution in [3.63, 3.8) is 0 Å². The summed E-state index contributed by atoms with van der Waals surface area (Å²) in [7, 11) is 0. The first-order chi connectivity index (χ1) is 27.8. The predicted octanol–water partition coefficient (Wildman–Crippen LogP) is 15.0. The van der Waals surface area contributed by atoms with Crippen LogP contribution in [0.4, 0.5) is 51.2 Å². The molecule has 0 fully saturated rings. The van der Waals surface area contributed by atoms with Gasteiger partial charge in [0, 0.05) is 62.3 Å². The molecule has 4 nitrogen and oxygen atoms in total. The quantitative estimate of drug-likeness (QED) is 0.133. The smallest absolute Gasteiger partial charge is 0.134 e. The zero-order chi connectivity index (χ0) is 37.5. The molecule has 0 spiro atoms. The van der Waals surface area contributed by atoms with E-state index in [1.807, 2.05) is 30.3 Å². The topological polar surface area (TPSA) is 22.9 Å². The molecule has 56 heavy (non-hydrogen) atoms. The number of furan rings is 1. The van der Waals surface area contributed by atoms with Crippen LogP contribution in [0.25, 0.3) is 22.6 Å². The maximum absolute atomic E-state index is 6.32. The molecular formula is C52H39N3O. The van der Waals surface area contributed by atoms with Crippen LogP contribution in [0.3, 0.4) is 0 Å². The second-order valence-electron chi connectivity index (χ2n) is 13.5. The summed E-state index contributed by atoms with van der Waals surface area (Å²) in [6, 6.07) is 82.5. The van der Waals surface area contributed by atoms with Gasteiger partial charge < -0.3 is 19.1 Å². The van der Waals surface area contributed by atoms with Gasteiger partial charge in [-0.2, -0.15) is 0 Å². The first kappa shape index (κ1) is 34.2. The molecule has 0 bridgehead atoms. The molecule has 0 aliphatic carbocycles. The minimum absolute atomic E-state index is 0.833. The van der Waals surface area contributed by atoms with Crippen LogP contribution < -0.4 is 14.7 Å². The zero-order valence-corrected chi connectivity index (χ0v) is 30.8. The third kappa shape index (κ3) is 7.20. The van der Waals surface area contributed by atoms with Crippen LogP contribution in [-0.2, 0) is 0 Å². The Hall–Kier alpha value is -7.56. The van der Waals surface area contributed by atoms with E-state index in [1.54, 1.807) is 0 Å². The number of anilines is 9. The second-order valence-corrected chi connectivity index (χ2v) is 13.5. The average molecular weight is 722 g/mol. The average Bonchev–Trinajstić information content (AvgIpc) is 3.78. The highest BCUT2D eigenvalue weighted by Crippen LogP contribution is 2.41. The van der Waals surface area contributed by atoms with E-state index in [1.165, 1.54) is 0 Å². The number of rotatable bonds is 11. The SMILES string of the molecule is c1ccc(-c2ccc(-c3ccc(N(c4ccc(N(c5ccccc5)c5ccccc5)cc4)c4ccc(N(c5ccccc5)c5ccccc5)cc4)cc3)o2)cc1. The molecule has 0 N–H and O–H groups in total. The first-order valence-electron chi connectivity index (χ1n) is 18.8. The predicted molar refractivity (Wildman–Crippen MR) is 234 cm³/mol. The minimum Gasteiger partial charge on any atom is -0.456 e. The number of hydrogen-bond acceptors (Lipinski definition) is 4. The fraction of sp³-hybridized carbons (Fsp3) is 0. The molecule has 268 valence electrons. The molecule has 0 saturated carbocycles. The lowest BCUT2D eigenvalue weighted by Crippen LogP contribution is -2.13. The van der Waals surface area contributed by atoms with E-state index >= 15 is 0 Å². The van der Waals surface area contributed by atoms with Gasteiger partial charge in [0.1, 0.15) is 11.5 Å². The van der Waals surface area contributed by atoms with Crippen LogP contribution in [-0.4, -0.2) is 0 Å². The van der Waals surface area contributed by atoms with Crippen LogP contribution in [0.2, 0.25) is 0 Å². The number of hydrogen-bond donors (Lipinski definition) is 0. The lowest BCUT2D eigenvalue weighted by Gasteiger charge is -2.29. The molecule has 0 unspecified atom stereocenters. The summed E-state index contributed by atoms with van der Waals surface area (Å²) in [6.45, 7) is 0. The van der Waals surface area contributed by atoms with E-state index in [9.17, 15) is 0 Å². The lowest BCUT2D eigenvalue weighted by atomic mass is 10.1. The standard InChI is InChI=1S/C52H39N3O/c1-6-16-40(17-7-1)51-38-39-52(56-51)41-26-28-46(29-27-41)55(49-34-30-47(31-35-49)53(42-18-8-2-9-19-42)43-20-10-3-11-21-43)50-36-32-48(33-37-50)54(44-22-12-4-13-23-44)45-24-14-5-15-25-45/h1-39H. The fourth-order valence-electron chi connectivity index (χ4n) is 7.18. The fourth-order valence-corrected chi connectivity index (χ4v) is 7.18. The number of benzene rings is 8. The normalized spacial score (nSPS) is 10.9. The van der Waals surface area contributed by atoms with Crippen molar-refractivity contribution in [2.75, 3.05) is 14.7 Å². The molecule has 4 heteroatoms. The minimum atomic E-state index is 0.833. The summed E-state index contributed by atoms with van der Waals surface area (Å²) in [5.74, 6) is 1.69. The van der Waals surface area contributed by atoms with Crippen LogP contribution >= 0.6 is 0 Å². The van der Waals surface area contributed by atoms with Gasteiger partial charge in [-0.15, -0.1) is 0 Å². The maximum atomic E-state index is 6.32. The maximum Gasteiger partial charge on any atom is 0.134 e. The van der Waals surface area contributed by atoms with E-state index in [4.69, 9.17) is 4.42 Å². The van der Waals surface area contributed by atoms with Gasteiger partial charge in [-0.1, -0.05) is 103 Å². The third-order valence-electron chi connectivity index (χ3n) is 9.86. The Bertz CT molecular complexity index is 2390. The molecule has 0 amide bonds. The van der Waals surface area contributed by atoms with Gasteiger partial charge in [-0.05, 0) is 133 Å². The van der Waals surface area contributed by atoms with Gasteiger partial charge in [0.15, 0.2) is 0 Å². The lowest BCUT2D eigenvalue weighted by molar-refractivity contribution is 0.597. The summed E-state index contributed by atoms with van der Waals surface area (Å²) in [6.07, 6.45) is 0. The van der Waals surface area contributed by atoms with Crippen molar-refractivity contribution in [1.82, 2.24) is 0 Å². The van der Waals surface area contributed by atoms with Gasteiger partial charge in [0.05, 0.1) is 0 Å². The monoisotopic (exact) mass is 721 g/mol. The number of nitrogens with zero attached hydrogens (tertiary/aromatic N) is 3. The van der Waals surface area contributed by atoms with Gasteiger partial charge in [0.25, 0.3) is 0 Å². The third-order valence-corrected chi connectivity index (χ3v) is 9.86. The molecule has 1 heterocycles. The van der Waals surface area contributed by atoms with Crippen molar-refractivity contribution in [2.45, 2.75) is 0 Å². The van der Waals surface area contributed by atoms with E-state index in [0.29, 0.717) is 0 Å². The van der Waals surface area contributed by atoms with E-state index < -0.39 is 0 Å². The van der Waals surface area contributed by atoms with E-state index in [-0.39, 0.29) is 0 Å². The van der Waals surface area contributed by atoms with Crippen LogP contribution in [0, 0.1) is 0 Å². The van der Waals surface area contributed by atoms with Crippen LogP contribution in [0.5, 0.6) is 0 Å². The number of para-hydroxylation sites is 4. The van der Waals surface area contributed by atoms with Crippen molar-refractivity contribution in [1.29, 1.82) is 0 Å². The highest BCUT2D eigenvalue weighted by Gasteiger charge is 2.18. The molecule has 0 saturated heterocycles. The zero-order valence-electron chi connectivity index (χ0n) is 30.8. The Morgan fingerprint density at radius 3 is 0.696 bits per heavy atom. The molecule has 9 aromatic rings. The van der Waals surface area contributed by atoms with E-state index in [2.05, 4.69) is 221 Å². The van der Waals surface area contributed by atoms with E-state index in [0.717, 1.165) is 73.8 Å². The molecule has 1 aromatic heterocycles. The molecular weight excluding hydrogens is 683 g/mol. The molecule has 0 aliphatic heterocycles. The molecule has 8 aromatic carbocycles. The molecule has 0 radical (unpaired) electrons.